The van der Waals surface area contributed by atoms with Gasteiger partial charge in [0.1, 0.15) is 5.60 Å². The fraction of sp³-hybridized carbons (Fsp3) is 0.562. The lowest BCUT2D eigenvalue weighted by Crippen LogP contribution is -2.48. The number of carbonyl (C=O) groups is 1. The smallest absolute Gasteiger partial charge is 0.407 e. The lowest BCUT2D eigenvalue weighted by Gasteiger charge is -2.26. The van der Waals surface area contributed by atoms with Gasteiger partial charge in [-0.25, -0.2) is 4.79 Å². The van der Waals surface area contributed by atoms with Gasteiger partial charge >= 0.3 is 6.09 Å². The average molecular weight is 359 g/mol. The van der Waals surface area contributed by atoms with E-state index in [2.05, 4.69) is 9.50 Å². The molecule has 0 aromatic heterocycles. The first-order valence-electron chi connectivity index (χ1n) is 7.52. The summed E-state index contributed by atoms with van der Waals surface area (Å²) in [5, 5.41) is 12.8. The van der Waals surface area contributed by atoms with Crippen LogP contribution in [0.25, 0.3) is 0 Å². The minimum Gasteiger partial charge on any atom is -0.444 e. The third kappa shape index (κ3) is 8.85. The molecule has 8 heteroatoms. The molecule has 2 atom stereocenters. The van der Waals surface area contributed by atoms with E-state index in [4.69, 9.17) is 4.74 Å². The summed E-state index contributed by atoms with van der Waals surface area (Å²) in [7, 11) is -3.69. The molecule has 2 N–H and O–H groups in total. The zero-order valence-corrected chi connectivity index (χ0v) is 15.2. The summed E-state index contributed by atoms with van der Waals surface area (Å²) in [5.74, 6) is 0. The molecular formula is C16H25NO6S. The quantitative estimate of drug-likeness (QED) is 0.715. The number of hydrogen-bond acceptors (Lipinski definition) is 6. The third-order valence-corrected chi connectivity index (χ3v) is 3.48. The Labute approximate surface area is 143 Å². The van der Waals surface area contributed by atoms with Crippen molar-refractivity contribution in [1.82, 2.24) is 5.32 Å². The summed E-state index contributed by atoms with van der Waals surface area (Å²) >= 11 is 0. The van der Waals surface area contributed by atoms with E-state index in [0.29, 0.717) is 6.42 Å². The predicted molar refractivity (Wildman–Crippen MR) is 90.1 cm³/mol. The third-order valence-electron chi connectivity index (χ3n) is 2.92. The largest absolute Gasteiger partial charge is 0.444 e. The summed E-state index contributed by atoms with van der Waals surface area (Å²) in [4.78, 5) is 12.0. The normalized spacial score (nSPS) is 14.7. The van der Waals surface area contributed by atoms with Crippen LogP contribution >= 0.6 is 0 Å². The number of rotatable bonds is 7. The molecule has 0 aliphatic carbocycles. The Morgan fingerprint density at radius 1 is 1.25 bits per heavy atom. The van der Waals surface area contributed by atoms with E-state index < -0.39 is 40.6 Å². The van der Waals surface area contributed by atoms with E-state index in [-0.39, 0.29) is 0 Å². The Bertz CT molecular complexity index is 624. The average Bonchev–Trinajstić information content (AvgIpc) is 2.42. The lowest BCUT2D eigenvalue weighted by atomic mass is 10.0. The molecule has 0 unspecified atom stereocenters. The van der Waals surface area contributed by atoms with E-state index >= 15 is 0 Å². The maximum atomic E-state index is 12.0. The molecule has 1 amide bonds. The Morgan fingerprint density at radius 2 is 1.83 bits per heavy atom. The Kier molecular flexibility index (Phi) is 7.19. The Balaban J connectivity index is 2.80. The number of amides is 1. The van der Waals surface area contributed by atoms with Crippen LogP contribution in [0.2, 0.25) is 0 Å². The van der Waals surface area contributed by atoms with Gasteiger partial charge in [-0.1, -0.05) is 30.3 Å². The Hall–Kier alpha value is -1.64. The van der Waals surface area contributed by atoms with Crippen LogP contribution in [0, 0.1) is 0 Å². The molecule has 0 fully saturated rings. The van der Waals surface area contributed by atoms with E-state index in [1.807, 2.05) is 30.3 Å². The van der Waals surface area contributed by atoms with Crippen molar-refractivity contribution in [3.63, 3.8) is 0 Å². The van der Waals surface area contributed by atoms with Crippen molar-refractivity contribution >= 4 is 16.2 Å². The van der Waals surface area contributed by atoms with Crippen LogP contribution in [-0.2, 0) is 25.5 Å². The molecule has 24 heavy (non-hydrogen) atoms. The highest BCUT2D eigenvalue weighted by Crippen LogP contribution is 2.11. The second kappa shape index (κ2) is 8.46. The summed E-state index contributed by atoms with van der Waals surface area (Å²) in [6.45, 7) is 4.72. The van der Waals surface area contributed by atoms with Crippen LogP contribution < -0.4 is 5.32 Å². The van der Waals surface area contributed by atoms with Crippen molar-refractivity contribution in [2.75, 3.05) is 12.9 Å². The molecule has 0 heterocycles. The maximum absolute atomic E-state index is 12.0. The molecular weight excluding hydrogens is 334 g/mol. The van der Waals surface area contributed by atoms with Gasteiger partial charge in [0.25, 0.3) is 10.1 Å². The molecule has 0 aliphatic rings. The van der Waals surface area contributed by atoms with Gasteiger partial charge in [0.2, 0.25) is 0 Å². The summed E-state index contributed by atoms with van der Waals surface area (Å²) in [5.41, 5.74) is 0.187. The van der Waals surface area contributed by atoms with Crippen LogP contribution in [0.3, 0.4) is 0 Å². The molecule has 0 bridgehead atoms. The number of ether oxygens (including phenoxy) is 1. The highest BCUT2D eigenvalue weighted by molar-refractivity contribution is 7.85. The molecule has 0 radical (unpaired) electrons. The van der Waals surface area contributed by atoms with Gasteiger partial charge in [-0.05, 0) is 32.8 Å². The van der Waals surface area contributed by atoms with Crippen molar-refractivity contribution < 1.29 is 27.2 Å². The minimum atomic E-state index is -3.69. The molecule has 7 nitrogen and oxygen atoms in total. The molecule has 0 saturated heterocycles. The number of benzene rings is 1. The highest BCUT2D eigenvalue weighted by Gasteiger charge is 2.26. The zero-order valence-electron chi connectivity index (χ0n) is 14.4. The number of alkyl carbamates (subject to hydrolysis) is 1. The van der Waals surface area contributed by atoms with Crippen LogP contribution in [0.4, 0.5) is 4.79 Å². The molecule has 1 aromatic rings. The van der Waals surface area contributed by atoms with E-state index in [9.17, 15) is 18.3 Å². The first-order chi connectivity index (χ1) is 11.0. The first kappa shape index (κ1) is 20.4. The number of aliphatic hydroxyl groups excluding tert-OH is 1. The molecule has 0 spiro atoms. The number of aliphatic hydroxyl groups is 1. The number of carbonyl (C=O) groups excluding carboxylic acids is 1. The van der Waals surface area contributed by atoms with Gasteiger partial charge in [0.05, 0.1) is 25.0 Å². The SMILES string of the molecule is CC(C)(C)OC(=O)N[C@@H](Cc1ccccc1)[C@@H](O)COS(C)(=O)=O. The van der Waals surface area contributed by atoms with Gasteiger partial charge in [0, 0.05) is 0 Å². The summed E-state index contributed by atoms with van der Waals surface area (Å²) in [6.07, 6.45) is -0.712. The summed E-state index contributed by atoms with van der Waals surface area (Å²) < 4.78 is 32.0. The summed E-state index contributed by atoms with van der Waals surface area (Å²) in [6, 6.07) is 8.44. The molecule has 1 aromatic carbocycles. The fourth-order valence-electron chi connectivity index (χ4n) is 1.92. The zero-order chi connectivity index (χ0) is 18.4. The van der Waals surface area contributed by atoms with Gasteiger partial charge in [-0.3, -0.25) is 4.18 Å². The van der Waals surface area contributed by atoms with Crippen molar-refractivity contribution in [2.24, 2.45) is 0 Å². The van der Waals surface area contributed by atoms with Gasteiger partial charge in [0.15, 0.2) is 0 Å². The molecule has 0 saturated carbocycles. The van der Waals surface area contributed by atoms with Gasteiger partial charge in [-0.2, -0.15) is 8.42 Å². The first-order valence-corrected chi connectivity index (χ1v) is 9.34. The number of nitrogens with one attached hydrogen (secondary N) is 1. The van der Waals surface area contributed by atoms with Crippen LogP contribution in [0.1, 0.15) is 26.3 Å². The standard InChI is InChI=1S/C16H25NO6S/c1-16(2,3)23-15(19)17-13(10-12-8-6-5-7-9-12)14(18)11-22-24(4,20)21/h5-9,13-14,18H,10-11H2,1-4H3,(H,17,19)/t13-,14-/m0/s1. The second-order valence-corrected chi connectivity index (χ2v) is 8.14. The van der Waals surface area contributed by atoms with Crippen molar-refractivity contribution in [2.45, 2.75) is 44.9 Å². The Morgan fingerprint density at radius 3 is 2.33 bits per heavy atom. The molecule has 0 aliphatic heterocycles. The van der Waals surface area contributed by atoms with Crippen molar-refractivity contribution in [3.05, 3.63) is 35.9 Å². The lowest BCUT2D eigenvalue weighted by molar-refractivity contribution is 0.0356. The maximum Gasteiger partial charge on any atom is 0.407 e. The highest BCUT2D eigenvalue weighted by atomic mass is 32.2. The van der Waals surface area contributed by atoms with Crippen LogP contribution in [0.5, 0.6) is 0 Å². The number of hydrogen-bond donors (Lipinski definition) is 2. The van der Waals surface area contributed by atoms with Crippen molar-refractivity contribution in [1.29, 1.82) is 0 Å². The van der Waals surface area contributed by atoms with Gasteiger partial charge < -0.3 is 15.2 Å². The van der Waals surface area contributed by atoms with E-state index in [1.54, 1.807) is 20.8 Å². The fourth-order valence-corrected chi connectivity index (χ4v) is 2.31. The van der Waals surface area contributed by atoms with Gasteiger partial charge in [-0.15, -0.1) is 0 Å². The topological polar surface area (TPSA) is 102 Å². The van der Waals surface area contributed by atoms with Crippen LogP contribution in [-0.4, -0.2) is 50.2 Å². The van der Waals surface area contributed by atoms with E-state index in [0.717, 1.165) is 11.8 Å². The molecule has 136 valence electrons. The van der Waals surface area contributed by atoms with E-state index in [1.165, 1.54) is 0 Å². The second-order valence-electron chi connectivity index (χ2n) is 6.50. The predicted octanol–water partition coefficient (Wildman–Crippen LogP) is 1.46. The molecule has 1 rings (SSSR count). The van der Waals surface area contributed by atoms with Crippen LogP contribution in [0.15, 0.2) is 30.3 Å². The van der Waals surface area contributed by atoms with Crippen molar-refractivity contribution in [3.8, 4) is 0 Å². The minimum absolute atomic E-state index is 0.300. The monoisotopic (exact) mass is 359 g/mol.